The van der Waals surface area contributed by atoms with E-state index >= 15 is 0 Å². The van der Waals surface area contributed by atoms with Crippen LogP contribution < -0.4 is 4.74 Å². The molecule has 1 saturated heterocycles. The van der Waals surface area contributed by atoms with E-state index < -0.39 is 0 Å². The number of amides is 1. The van der Waals surface area contributed by atoms with E-state index in [9.17, 15) is 4.79 Å². The number of para-hydroxylation sites is 2. The quantitative estimate of drug-likeness (QED) is 0.568. The van der Waals surface area contributed by atoms with Crippen LogP contribution in [0.3, 0.4) is 0 Å². The second-order valence-electron chi connectivity index (χ2n) is 7.82. The molecule has 2 aliphatic heterocycles. The van der Waals surface area contributed by atoms with E-state index in [2.05, 4.69) is 22.4 Å². The van der Waals surface area contributed by atoms with Gasteiger partial charge in [0.2, 0.25) is 5.91 Å². The molecule has 5 rings (SSSR count). The molecule has 1 fully saturated rings. The first kappa shape index (κ1) is 19.3. The van der Waals surface area contributed by atoms with Crippen molar-refractivity contribution in [1.82, 2.24) is 4.90 Å². The molecule has 0 aliphatic carbocycles. The number of hydrogen-bond acceptors (Lipinski definition) is 4. The lowest BCUT2D eigenvalue weighted by Gasteiger charge is -2.38. The van der Waals surface area contributed by atoms with Crippen LogP contribution in [-0.4, -0.2) is 36.6 Å². The van der Waals surface area contributed by atoms with Gasteiger partial charge in [-0.05, 0) is 42.8 Å². The molecule has 1 amide bonds. The molecule has 5 heteroatoms. The number of fused-ring (bicyclic) bond motifs is 2. The summed E-state index contributed by atoms with van der Waals surface area (Å²) in [5.41, 5.74) is 1.91. The topological polar surface area (TPSA) is 38.8 Å². The van der Waals surface area contributed by atoms with Gasteiger partial charge in [-0.1, -0.05) is 42.5 Å². The summed E-state index contributed by atoms with van der Waals surface area (Å²) in [5, 5.41) is 2.10. The molecule has 4 nitrogen and oxygen atoms in total. The van der Waals surface area contributed by atoms with Crippen LogP contribution in [0.4, 0.5) is 0 Å². The maximum absolute atomic E-state index is 14.1. The SMILES string of the molecule is O=C(C1c2ccccc2Oc2ccccc21)N(CCc1cccs1)C1CCOCC1. The predicted octanol–water partition coefficient (Wildman–Crippen LogP) is 5.24. The summed E-state index contributed by atoms with van der Waals surface area (Å²) in [6, 6.07) is 20.3. The van der Waals surface area contributed by atoms with Gasteiger partial charge in [0.05, 0.1) is 5.92 Å². The molecule has 3 heterocycles. The Morgan fingerprint density at radius 1 is 0.933 bits per heavy atom. The van der Waals surface area contributed by atoms with Crippen molar-refractivity contribution in [1.29, 1.82) is 0 Å². The summed E-state index contributed by atoms with van der Waals surface area (Å²) in [6.07, 6.45) is 2.67. The zero-order valence-corrected chi connectivity index (χ0v) is 17.6. The van der Waals surface area contributed by atoms with Gasteiger partial charge in [-0.2, -0.15) is 0 Å². The maximum Gasteiger partial charge on any atom is 0.235 e. The van der Waals surface area contributed by atoms with Crippen LogP contribution in [0.1, 0.15) is 34.8 Å². The molecular weight excluding hydrogens is 394 g/mol. The molecule has 2 aromatic carbocycles. The van der Waals surface area contributed by atoms with Crippen LogP contribution in [0.25, 0.3) is 0 Å². The lowest BCUT2D eigenvalue weighted by molar-refractivity contribution is -0.136. The van der Waals surface area contributed by atoms with Gasteiger partial charge in [-0.3, -0.25) is 4.79 Å². The highest BCUT2D eigenvalue weighted by molar-refractivity contribution is 7.09. The standard InChI is InChI=1S/C25H25NO3S/c27-25(26(18-12-15-28-16-13-18)14-11-19-6-5-17-30-19)24-20-7-1-3-9-22(20)29-23-10-4-2-8-21(23)24/h1-10,17-18,24H,11-16H2. The van der Waals surface area contributed by atoms with Gasteiger partial charge in [0.15, 0.2) is 0 Å². The molecule has 0 saturated carbocycles. The highest BCUT2D eigenvalue weighted by Gasteiger charge is 2.37. The molecule has 2 aliphatic rings. The Kier molecular flexibility index (Phi) is 5.56. The van der Waals surface area contributed by atoms with Gasteiger partial charge in [-0.15, -0.1) is 11.3 Å². The number of hydrogen-bond donors (Lipinski definition) is 0. The van der Waals surface area contributed by atoms with Gasteiger partial charge < -0.3 is 14.4 Å². The van der Waals surface area contributed by atoms with Gasteiger partial charge in [0.25, 0.3) is 0 Å². The van der Waals surface area contributed by atoms with Crippen LogP contribution in [0.2, 0.25) is 0 Å². The lowest BCUT2D eigenvalue weighted by Crippen LogP contribution is -2.47. The van der Waals surface area contributed by atoms with Crippen LogP contribution in [0, 0.1) is 0 Å². The maximum atomic E-state index is 14.1. The predicted molar refractivity (Wildman–Crippen MR) is 118 cm³/mol. The minimum Gasteiger partial charge on any atom is -0.457 e. The molecule has 3 aromatic rings. The van der Waals surface area contributed by atoms with Crippen molar-refractivity contribution in [2.75, 3.05) is 19.8 Å². The number of carbonyl (C=O) groups excluding carboxylic acids is 1. The Balaban J connectivity index is 1.50. The summed E-state index contributed by atoms with van der Waals surface area (Å²) < 4.78 is 11.7. The normalized spacial score (nSPS) is 16.4. The highest BCUT2D eigenvalue weighted by atomic mass is 32.1. The van der Waals surface area contributed by atoms with Crippen molar-refractivity contribution < 1.29 is 14.3 Å². The van der Waals surface area contributed by atoms with Gasteiger partial charge >= 0.3 is 0 Å². The van der Waals surface area contributed by atoms with Gasteiger partial charge in [-0.25, -0.2) is 0 Å². The zero-order valence-electron chi connectivity index (χ0n) is 16.8. The molecule has 0 radical (unpaired) electrons. The average Bonchev–Trinajstić information content (AvgIpc) is 3.32. The van der Waals surface area contributed by atoms with E-state index in [1.807, 2.05) is 48.5 Å². The Labute approximate surface area is 181 Å². The fourth-order valence-electron chi connectivity index (χ4n) is 4.50. The molecule has 0 atom stereocenters. The molecule has 0 spiro atoms. The number of thiophene rings is 1. The third kappa shape index (κ3) is 3.75. The van der Waals surface area contributed by atoms with Crippen molar-refractivity contribution in [3.8, 4) is 11.5 Å². The molecule has 0 bridgehead atoms. The van der Waals surface area contributed by atoms with Gasteiger partial charge in [0.1, 0.15) is 11.5 Å². The number of ether oxygens (including phenoxy) is 2. The fourth-order valence-corrected chi connectivity index (χ4v) is 5.19. The number of rotatable bonds is 5. The highest BCUT2D eigenvalue weighted by Crippen LogP contribution is 2.45. The van der Waals surface area contributed by atoms with Crippen molar-refractivity contribution in [3.63, 3.8) is 0 Å². The van der Waals surface area contributed by atoms with E-state index in [0.29, 0.717) is 13.2 Å². The van der Waals surface area contributed by atoms with Crippen LogP contribution >= 0.6 is 11.3 Å². The van der Waals surface area contributed by atoms with Crippen molar-refractivity contribution in [2.24, 2.45) is 0 Å². The molecular formula is C25H25NO3S. The number of nitrogens with zero attached hydrogens (tertiary/aromatic N) is 1. The third-order valence-electron chi connectivity index (χ3n) is 6.02. The van der Waals surface area contributed by atoms with E-state index in [4.69, 9.17) is 9.47 Å². The smallest absolute Gasteiger partial charge is 0.235 e. The van der Waals surface area contributed by atoms with Crippen molar-refractivity contribution >= 4 is 17.2 Å². The van der Waals surface area contributed by atoms with E-state index in [1.165, 1.54) is 4.88 Å². The van der Waals surface area contributed by atoms with Crippen molar-refractivity contribution in [2.45, 2.75) is 31.2 Å². The summed E-state index contributed by atoms with van der Waals surface area (Å²) >= 11 is 1.75. The summed E-state index contributed by atoms with van der Waals surface area (Å²) in [6.45, 7) is 2.16. The van der Waals surface area contributed by atoms with Gasteiger partial charge in [0, 0.05) is 41.8 Å². The summed E-state index contributed by atoms with van der Waals surface area (Å²) in [7, 11) is 0. The zero-order chi connectivity index (χ0) is 20.3. The number of benzene rings is 2. The molecule has 154 valence electrons. The minimum absolute atomic E-state index is 0.168. The Hall–Kier alpha value is -2.63. The Morgan fingerprint density at radius 3 is 2.23 bits per heavy atom. The lowest BCUT2D eigenvalue weighted by atomic mass is 9.86. The van der Waals surface area contributed by atoms with Crippen LogP contribution in [-0.2, 0) is 16.0 Å². The molecule has 30 heavy (non-hydrogen) atoms. The van der Waals surface area contributed by atoms with Crippen LogP contribution in [0.15, 0.2) is 66.0 Å². The minimum atomic E-state index is -0.336. The molecule has 0 unspecified atom stereocenters. The fraction of sp³-hybridized carbons (Fsp3) is 0.320. The Bertz CT molecular complexity index is 965. The van der Waals surface area contributed by atoms with Crippen LogP contribution in [0.5, 0.6) is 11.5 Å². The Morgan fingerprint density at radius 2 is 1.60 bits per heavy atom. The molecule has 0 N–H and O–H groups in total. The first-order valence-corrected chi connectivity index (χ1v) is 11.5. The summed E-state index contributed by atoms with van der Waals surface area (Å²) in [5.74, 6) is 1.39. The number of carbonyl (C=O) groups is 1. The van der Waals surface area contributed by atoms with E-state index in [-0.39, 0.29) is 17.9 Å². The average molecular weight is 420 g/mol. The largest absolute Gasteiger partial charge is 0.457 e. The third-order valence-corrected chi connectivity index (χ3v) is 6.96. The first-order valence-electron chi connectivity index (χ1n) is 10.6. The summed E-state index contributed by atoms with van der Waals surface area (Å²) in [4.78, 5) is 17.5. The second-order valence-corrected chi connectivity index (χ2v) is 8.85. The molecule has 1 aromatic heterocycles. The second kappa shape index (κ2) is 8.62. The van der Waals surface area contributed by atoms with E-state index in [0.717, 1.165) is 48.4 Å². The monoisotopic (exact) mass is 419 g/mol. The van der Waals surface area contributed by atoms with E-state index in [1.54, 1.807) is 11.3 Å². The first-order chi connectivity index (χ1) is 14.8. The van der Waals surface area contributed by atoms with Crippen molar-refractivity contribution in [3.05, 3.63) is 82.0 Å².